The van der Waals surface area contributed by atoms with Gasteiger partial charge in [-0.05, 0) is 35.7 Å². The Bertz CT molecular complexity index is 902. The molecule has 2 heterocycles. The molecule has 0 unspecified atom stereocenters. The number of hydrogen-bond acceptors (Lipinski definition) is 4. The Morgan fingerprint density at radius 2 is 2.03 bits per heavy atom. The first-order valence-electron chi connectivity index (χ1n) is 8.69. The van der Waals surface area contributed by atoms with Crippen LogP contribution in [0.1, 0.15) is 24.6 Å². The monoisotopic (exact) mass is 416 g/mol. The summed E-state index contributed by atoms with van der Waals surface area (Å²) in [6.45, 7) is -2.12. The van der Waals surface area contributed by atoms with Gasteiger partial charge < -0.3 is 14.4 Å². The van der Waals surface area contributed by atoms with E-state index >= 15 is 0 Å². The third-order valence-corrected chi connectivity index (χ3v) is 4.28. The molecular weight excluding hydrogens is 399 g/mol. The normalized spacial score (nSPS) is 14.9. The van der Waals surface area contributed by atoms with E-state index in [4.69, 9.17) is 4.74 Å². The molecule has 0 spiro atoms. The van der Waals surface area contributed by atoms with Crippen LogP contribution in [0.5, 0.6) is 5.75 Å². The van der Waals surface area contributed by atoms with Crippen LogP contribution in [0.4, 0.5) is 26.7 Å². The first-order valence-corrected chi connectivity index (χ1v) is 8.69. The van der Waals surface area contributed by atoms with Crippen LogP contribution in [0.25, 0.3) is 11.1 Å². The number of alkyl halides is 4. The molecule has 5 nitrogen and oxygen atoms in total. The second kappa shape index (κ2) is 8.22. The van der Waals surface area contributed by atoms with Crippen LogP contribution in [0.2, 0.25) is 0 Å². The van der Waals surface area contributed by atoms with Gasteiger partial charge in [-0.25, -0.2) is 9.18 Å². The maximum absolute atomic E-state index is 14.0. The molecule has 1 saturated heterocycles. The summed E-state index contributed by atoms with van der Waals surface area (Å²) < 4.78 is 75.6. The average Bonchev–Trinajstić information content (AvgIpc) is 2.64. The van der Waals surface area contributed by atoms with Gasteiger partial charge >= 0.3 is 12.7 Å². The summed E-state index contributed by atoms with van der Waals surface area (Å²) in [6, 6.07) is 4.60. The number of rotatable bonds is 6. The quantitative estimate of drug-likeness (QED) is 0.626. The maximum atomic E-state index is 14.0. The van der Waals surface area contributed by atoms with E-state index in [1.54, 1.807) is 0 Å². The zero-order valence-electron chi connectivity index (χ0n) is 15.3. The summed E-state index contributed by atoms with van der Waals surface area (Å²) in [5, 5.41) is 0. The topological polar surface area (TPSA) is 51.7 Å². The Kier molecular flexibility index (Phi) is 5.90. The number of aromatic nitrogens is 1. The maximum Gasteiger partial charge on any atom is 0.410 e. The fourth-order valence-electron chi connectivity index (χ4n) is 3.00. The van der Waals surface area contributed by atoms with Crippen molar-refractivity contribution < 1.29 is 36.2 Å². The van der Waals surface area contributed by atoms with Crippen molar-refractivity contribution in [3.05, 3.63) is 47.5 Å². The molecular formula is C19H17F5N2O3. The Balaban J connectivity index is 2.00. The summed E-state index contributed by atoms with van der Waals surface area (Å²) in [5.41, 5.74) is 0.0563. The SMILES string of the molecule is CC(F)(F)c1ncc(-c2ccc(F)c(OC(F)F)c2)cc1CN1CCCOC1=O. The molecule has 29 heavy (non-hydrogen) atoms. The number of hydrogen-bond donors (Lipinski definition) is 0. The van der Waals surface area contributed by atoms with Crippen molar-refractivity contribution in [1.29, 1.82) is 0 Å². The predicted molar refractivity (Wildman–Crippen MR) is 92.2 cm³/mol. The van der Waals surface area contributed by atoms with Gasteiger partial charge in [-0.2, -0.15) is 17.6 Å². The van der Waals surface area contributed by atoms with E-state index in [2.05, 4.69) is 9.72 Å². The number of carbonyl (C=O) groups is 1. The summed E-state index contributed by atoms with van der Waals surface area (Å²) in [4.78, 5) is 17.0. The summed E-state index contributed by atoms with van der Waals surface area (Å²) in [5.74, 6) is -4.95. The highest BCUT2D eigenvalue weighted by Gasteiger charge is 2.31. The fraction of sp³-hybridized carbons (Fsp3) is 0.368. The second-order valence-electron chi connectivity index (χ2n) is 6.53. The van der Waals surface area contributed by atoms with Gasteiger partial charge in [-0.1, -0.05) is 6.07 Å². The molecule has 0 aliphatic carbocycles. The molecule has 1 aromatic carbocycles. The van der Waals surface area contributed by atoms with Gasteiger partial charge in [-0.15, -0.1) is 0 Å². The fourth-order valence-corrected chi connectivity index (χ4v) is 3.00. The highest BCUT2D eigenvalue weighted by molar-refractivity contribution is 5.69. The van der Waals surface area contributed by atoms with Crippen LogP contribution in [-0.2, 0) is 17.2 Å². The minimum absolute atomic E-state index is 0.0644. The van der Waals surface area contributed by atoms with Crippen LogP contribution in [0.3, 0.4) is 0 Å². The van der Waals surface area contributed by atoms with Crippen molar-refractivity contribution in [2.24, 2.45) is 0 Å². The molecule has 10 heteroatoms. The Morgan fingerprint density at radius 3 is 2.69 bits per heavy atom. The third-order valence-electron chi connectivity index (χ3n) is 4.28. The van der Waals surface area contributed by atoms with Gasteiger partial charge in [0.05, 0.1) is 13.2 Å². The number of halogens is 5. The van der Waals surface area contributed by atoms with Crippen molar-refractivity contribution in [3.63, 3.8) is 0 Å². The molecule has 1 amide bonds. The van der Waals surface area contributed by atoms with Crippen molar-refractivity contribution >= 4 is 6.09 Å². The largest absolute Gasteiger partial charge is 0.449 e. The molecule has 3 rings (SSSR count). The molecule has 156 valence electrons. The zero-order chi connectivity index (χ0) is 21.2. The third kappa shape index (κ3) is 4.93. The van der Waals surface area contributed by atoms with Crippen molar-refractivity contribution in [3.8, 4) is 16.9 Å². The van der Waals surface area contributed by atoms with Crippen molar-refractivity contribution in [2.75, 3.05) is 13.2 Å². The molecule has 0 N–H and O–H groups in total. The Hall–Kier alpha value is -2.91. The predicted octanol–water partition coefficient (Wildman–Crippen LogP) is 4.94. The molecule has 1 aliphatic heterocycles. The summed E-state index contributed by atoms with van der Waals surface area (Å²) in [7, 11) is 0. The Morgan fingerprint density at radius 1 is 1.28 bits per heavy atom. The van der Waals surface area contributed by atoms with Crippen LogP contribution in [-0.4, -0.2) is 35.7 Å². The highest BCUT2D eigenvalue weighted by atomic mass is 19.3. The number of ether oxygens (including phenoxy) is 2. The first kappa shape index (κ1) is 20.8. The molecule has 2 aromatic rings. The van der Waals surface area contributed by atoms with E-state index < -0.39 is 35.9 Å². The minimum Gasteiger partial charge on any atom is -0.449 e. The van der Waals surface area contributed by atoms with Gasteiger partial charge in [-0.3, -0.25) is 4.98 Å². The van der Waals surface area contributed by atoms with E-state index in [0.29, 0.717) is 19.9 Å². The lowest BCUT2D eigenvalue weighted by Crippen LogP contribution is -2.37. The molecule has 1 aliphatic rings. The number of carbonyl (C=O) groups excluding carboxylic acids is 1. The zero-order valence-corrected chi connectivity index (χ0v) is 15.3. The van der Waals surface area contributed by atoms with Gasteiger partial charge in [0, 0.05) is 25.2 Å². The van der Waals surface area contributed by atoms with E-state index in [1.165, 1.54) is 17.0 Å². The van der Waals surface area contributed by atoms with Crippen molar-refractivity contribution in [1.82, 2.24) is 9.88 Å². The molecule has 0 radical (unpaired) electrons. The summed E-state index contributed by atoms with van der Waals surface area (Å²) >= 11 is 0. The van der Waals surface area contributed by atoms with Gasteiger partial charge in [0.15, 0.2) is 11.6 Å². The summed E-state index contributed by atoms with van der Waals surface area (Å²) in [6.07, 6.45) is 1.06. The van der Waals surface area contributed by atoms with Gasteiger partial charge in [0.1, 0.15) is 5.69 Å². The smallest absolute Gasteiger partial charge is 0.410 e. The highest BCUT2D eigenvalue weighted by Crippen LogP contribution is 2.33. The minimum atomic E-state index is -3.28. The van der Waals surface area contributed by atoms with E-state index in [9.17, 15) is 26.7 Å². The molecule has 1 fully saturated rings. The molecule has 0 atom stereocenters. The number of nitrogens with zero attached hydrogens (tertiary/aromatic N) is 2. The van der Waals surface area contributed by atoms with Gasteiger partial charge in [0.25, 0.3) is 5.92 Å². The number of pyridine rings is 1. The number of benzene rings is 1. The molecule has 0 bridgehead atoms. The van der Waals surface area contributed by atoms with E-state index in [1.807, 2.05) is 0 Å². The average molecular weight is 416 g/mol. The number of amides is 1. The lowest BCUT2D eigenvalue weighted by molar-refractivity contribution is -0.0521. The second-order valence-corrected chi connectivity index (χ2v) is 6.53. The van der Waals surface area contributed by atoms with Crippen LogP contribution in [0, 0.1) is 5.82 Å². The Labute approximate surface area is 163 Å². The van der Waals surface area contributed by atoms with E-state index in [0.717, 1.165) is 18.3 Å². The van der Waals surface area contributed by atoms with Gasteiger partial charge in [0.2, 0.25) is 0 Å². The standard InChI is InChI=1S/C19H17F5N2O3/c1-19(23,24)16-13(10-26-5-2-6-28-18(26)27)7-12(9-25-16)11-3-4-14(20)15(8-11)29-17(21)22/h3-4,7-9,17H,2,5-6,10H2,1H3. The first-order chi connectivity index (χ1) is 13.6. The molecule has 1 aromatic heterocycles. The van der Waals surface area contributed by atoms with Crippen LogP contribution >= 0.6 is 0 Å². The molecule has 0 saturated carbocycles. The van der Waals surface area contributed by atoms with Crippen molar-refractivity contribution in [2.45, 2.75) is 32.4 Å². The lowest BCUT2D eigenvalue weighted by atomic mass is 10.0. The van der Waals surface area contributed by atoms with E-state index in [-0.39, 0.29) is 29.8 Å². The van der Waals surface area contributed by atoms with Crippen LogP contribution < -0.4 is 4.74 Å². The number of cyclic esters (lactones) is 1. The van der Waals surface area contributed by atoms with Crippen LogP contribution in [0.15, 0.2) is 30.5 Å². The lowest BCUT2D eigenvalue weighted by Gasteiger charge is -2.27.